The van der Waals surface area contributed by atoms with Crippen molar-refractivity contribution in [3.05, 3.63) is 45.6 Å². The molecule has 1 aromatic heterocycles. The van der Waals surface area contributed by atoms with Gasteiger partial charge in [-0.1, -0.05) is 12.1 Å². The number of nitrogens with one attached hydrogen (secondary N) is 1. The SMILES string of the molecule is CSc1ccccc1NC(=O)COC(=O)c1cc2c(s1)CCC2. The minimum Gasteiger partial charge on any atom is -0.451 e. The zero-order valence-electron chi connectivity index (χ0n) is 12.8. The third-order valence-corrected chi connectivity index (χ3v) is 5.68. The highest BCUT2D eigenvalue weighted by Crippen LogP contribution is 2.31. The quantitative estimate of drug-likeness (QED) is 0.661. The van der Waals surface area contributed by atoms with E-state index in [4.69, 9.17) is 4.74 Å². The Bertz CT molecular complexity index is 718. The lowest BCUT2D eigenvalue weighted by Crippen LogP contribution is -2.20. The molecule has 2 aromatic rings. The Balaban J connectivity index is 1.55. The van der Waals surface area contributed by atoms with Crippen LogP contribution in [0.4, 0.5) is 5.69 Å². The van der Waals surface area contributed by atoms with Crippen LogP contribution >= 0.6 is 23.1 Å². The first-order chi connectivity index (χ1) is 11.2. The van der Waals surface area contributed by atoms with E-state index in [0.29, 0.717) is 4.88 Å². The van der Waals surface area contributed by atoms with Crippen molar-refractivity contribution in [2.24, 2.45) is 0 Å². The number of hydrogen-bond donors (Lipinski definition) is 1. The Morgan fingerprint density at radius 1 is 1.30 bits per heavy atom. The molecule has 0 atom stereocenters. The Kier molecular flexibility index (Phi) is 5.03. The fourth-order valence-electron chi connectivity index (χ4n) is 2.57. The molecule has 23 heavy (non-hydrogen) atoms. The summed E-state index contributed by atoms with van der Waals surface area (Å²) in [4.78, 5) is 26.8. The van der Waals surface area contributed by atoms with E-state index in [9.17, 15) is 9.59 Å². The summed E-state index contributed by atoms with van der Waals surface area (Å²) in [6, 6.07) is 9.43. The fraction of sp³-hybridized carbons (Fsp3) is 0.294. The topological polar surface area (TPSA) is 55.4 Å². The second kappa shape index (κ2) is 7.19. The molecule has 1 aliphatic rings. The molecule has 1 aromatic carbocycles. The molecule has 1 aliphatic carbocycles. The number of rotatable bonds is 5. The molecular weight excluding hydrogens is 330 g/mol. The molecule has 0 unspecified atom stereocenters. The number of carbonyl (C=O) groups excluding carboxylic acids is 2. The number of anilines is 1. The van der Waals surface area contributed by atoms with Crippen molar-refractivity contribution >= 4 is 40.7 Å². The Labute approximate surface area is 143 Å². The number of fused-ring (bicyclic) bond motifs is 1. The average molecular weight is 347 g/mol. The molecule has 0 fully saturated rings. The van der Waals surface area contributed by atoms with Crippen LogP contribution in [0.3, 0.4) is 0 Å². The lowest BCUT2D eigenvalue weighted by Gasteiger charge is -2.09. The molecule has 1 heterocycles. The van der Waals surface area contributed by atoms with Crippen molar-refractivity contribution in [3.63, 3.8) is 0 Å². The van der Waals surface area contributed by atoms with Crippen molar-refractivity contribution in [2.45, 2.75) is 24.2 Å². The molecule has 0 spiro atoms. The molecule has 3 rings (SSSR count). The second-order valence-electron chi connectivity index (χ2n) is 5.24. The van der Waals surface area contributed by atoms with Crippen molar-refractivity contribution < 1.29 is 14.3 Å². The van der Waals surface area contributed by atoms with Crippen LogP contribution in [0.2, 0.25) is 0 Å². The lowest BCUT2D eigenvalue weighted by atomic mass is 10.2. The average Bonchev–Trinajstić information content (AvgIpc) is 3.14. The molecular formula is C17H17NO3S2. The maximum Gasteiger partial charge on any atom is 0.348 e. The van der Waals surface area contributed by atoms with Gasteiger partial charge in [0.2, 0.25) is 0 Å². The van der Waals surface area contributed by atoms with Gasteiger partial charge in [0.15, 0.2) is 6.61 Å². The van der Waals surface area contributed by atoms with E-state index in [-0.39, 0.29) is 12.5 Å². The zero-order valence-corrected chi connectivity index (χ0v) is 14.4. The van der Waals surface area contributed by atoms with Gasteiger partial charge in [-0.2, -0.15) is 0 Å². The van der Waals surface area contributed by atoms with Crippen LogP contribution in [0.25, 0.3) is 0 Å². The van der Waals surface area contributed by atoms with Crippen LogP contribution in [0.15, 0.2) is 35.2 Å². The fourth-order valence-corrected chi connectivity index (χ4v) is 4.27. The first-order valence-electron chi connectivity index (χ1n) is 7.39. The minimum absolute atomic E-state index is 0.274. The van der Waals surface area contributed by atoms with Gasteiger partial charge in [0.1, 0.15) is 4.88 Å². The summed E-state index contributed by atoms with van der Waals surface area (Å²) in [5, 5.41) is 2.77. The number of amides is 1. The molecule has 4 nitrogen and oxygen atoms in total. The summed E-state index contributed by atoms with van der Waals surface area (Å²) in [5.74, 6) is -0.748. The van der Waals surface area contributed by atoms with Gasteiger partial charge in [-0.05, 0) is 49.3 Å². The minimum atomic E-state index is -0.419. The number of thioether (sulfide) groups is 1. The highest BCUT2D eigenvalue weighted by atomic mass is 32.2. The van der Waals surface area contributed by atoms with Gasteiger partial charge in [0, 0.05) is 9.77 Å². The monoisotopic (exact) mass is 347 g/mol. The predicted octanol–water partition coefficient (Wildman–Crippen LogP) is 3.75. The van der Waals surface area contributed by atoms with Crippen molar-refractivity contribution in [1.82, 2.24) is 0 Å². The van der Waals surface area contributed by atoms with E-state index >= 15 is 0 Å². The summed E-state index contributed by atoms with van der Waals surface area (Å²) in [6.07, 6.45) is 5.18. The van der Waals surface area contributed by atoms with Gasteiger partial charge in [0.25, 0.3) is 5.91 Å². The van der Waals surface area contributed by atoms with Crippen LogP contribution in [-0.4, -0.2) is 24.7 Å². The summed E-state index contributed by atoms with van der Waals surface area (Å²) < 4.78 is 5.13. The highest BCUT2D eigenvalue weighted by Gasteiger charge is 2.20. The Morgan fingerprint density at radius 3 is 2.91 bits per heavy atom. The third kappa shape index (κ3) is 3.76. The smallest absolute Gasteiger partial charge is 0.348 e. The van der Waals surface area contributed by atoms with E-state index in [0.717, 1.165) is 29.8 Å². The highest BCUT2D eigenvalue weighted by molar-refractivity contribution is 7.98. The van der Waals surface area contributed by atoms with Crippen LogP contribution in [-0.2, 0) is 22.4 Å². The van der Waals surface area contributed by atoms with Crippen molar-refractivity contribution in [1.29, 1.82) is 0 Å². The van der Waals surface area contributed by atoms with Gasteiger partial charge in [0.05, 0.1) is 5.69 Å². The van der Waals surface area contributed by atoms with Gasteiger partial charge in [-0.3, -0.25) is 4.79 Å². The van der Waals surface area contributed by atoms with Gasteiger partial charge in [-0.25, -0.2) is 4.79 Å². The maximum atomic E-state index is 12.0. The van der Waals surface area contributed by atoms with Gasteiger partial charge >= 0.3 is 5.97 Å². The standard InChI is InChI=1S/C17H17NO3S2/c1-22-14-7-3-2-6-12(14)18-16(19)10-21-17(20)15-9-11-5-4-8-13(11)23-15/h2-3,6-7,9H,4-5,8,10H2,1H3,(H,18,19). The summed E-state index contributed by atoms with van der Waals surface area (Å²) >= 11 is 3.03. The van der Waals surface area contributed by atoms with Gasteiger partial charge in [-0.15, -0.1) is 23.1 Å². The summed E-state index contributed by atoms with van der Waals surface area (Å²) in [6.45, 7) is -0.274. The van der Waals surface area contributed by atoms with E-state index in [1.165, 1.54) is 21.8 Å². The number of thiophene rings is 1. The number of para-hydroxylation sites is 1. The number of aryl methyl sites for hydroxylation is 2. The first-order valence-corrected chi connectivity index (χ1v) is 9.43. The molecule has 0 saturated carbocycles. The molecule has 0 saturated heterocycles. The number of hydrogen-bond acceptors (Lipinski definition) is 5. The number of ether oxygens (including phenoxy) is 1. The van der Waals surface area contributed by atoms with Crippen LogP contribution < -0.4 is 5.32 Å². The van der Waals surface area contributed by atoms with Gasteiger partial charge < -0.3 is 10.1 Å². The van der Waals surface area contributed by atoms with E-state index in [1.807, 2.05) is 36.6 Å². The normalized spacial score (nSPS) is 12.7. The zero-order chi connectivity index (χ0) is 16.2. The summed E-state index contributed by atoms with van der Waals surface area (Å²) in [5.41, 5.74) is 1.98. The van der Waals surface area contributed by atoms with Crippen LogP contribution in [0, 0.1) is 0 Å². The molecule has 1 N–H and O–H groups in total. The Hall–Kier alpha value is -1.79. The molecule has 0 aliphatic heterocycles. The molecule has 0 bridgehead atoms. The maximum absolute atomic E-state index is 12.0. The molecule has 0 radical (unpaired) electrons. The van der Waals surface area contributed by atoms with Crippen LogP contribution in [0.5, 0.6) is 0 Å². The van der Waals surface area contributed by atoms with E-state index in [2.05, 4.69) is 5.32 Å². The van der Waals surface area contributed by atoms with Crippen molar-refractivity contribution in [3.8, 4) is 0 Å². The number of carbonyl (C=O) groups is 2. The first kappa shape index (κ1) is 16.1. The molecule has 6 heteroatoms. The largest absolute Gasteiger partial charge is 0.451 e. The molecule has 1 amide bonds. The molecule has 120 valence electrons. The number of esters is 1. The van der Waals surface area contributed by atoms with Crippen LogP contribution in [0.1, 0.15) is 26.5 Å². The lowest BCUT2D eigenvalue weighted by molar-refractivity contribution is -0.119. The Morgan fingerprint density at radius 2 is 2.13 bits per heavy atom. The van der Waals surface area contributed by atoms with E-state index < -0.39 is 5.97 Å². The summed E-state index contributed by atoms with van der Waals surface area (Å²) in [7, 11) is 0. The van der Waals surface area contributed by atoms with E-state index in [1.54, 1.807) is 11.8 Å². The predicted molar refractivity (Wildman–Crippen MR) is 93.5 cm³/mol. The second-order valence-corrected chi connectivity index (χ2v) is 7.22. The number of benzene rings is 1. The van der Waals surface area contributed by atoms with Crippen molar-refractivity contribution in [2.75, 3.05) is 18.2 Å². The third-order valence-electron chi connectivity index (χ3n) is 3.66.